The van der Waals surface area contributed by atoms with Crippen molar-refractivity contribution in [1.29, 1.82) is 0 Å². The molecule has 0 saturated carbocycles. The number of aromatic nitrogens is 2. The molecule has 0 saturated heterocycles. The van der Waals surface area contributed by atoms with E-state index in [2.05, 4.69) is 15.5 Å². The molecule has 2 N–H and O–H groups in total. The standard InChI is InChI=1S/C17H11ClF3N3O/c18-12-3-1-2-10(8-12)14-9-15(24-23-14)16(25)22-13-6-4-11(5-7-13)17(19,20)21/h1-9H,(H,22,25)(H,23,24). The summed E-state index contributed by atoms with van der Waals surface area (Å²) < 4.78 is 37.6. The number of carbonyl (C=O) groups excluding carboxylic acids is 1. The number of alkyl halides is 3. The van der Waals surface area contributed by atoms with E-state index in [1.165, 1.54) is 18.2 Å². The number of H-pyrrole nitrogens is 1. The lowest BCUT2D eigenvalue weighted by Crippen LogP contribution is -2.12. The van der Waals surface area contributed by atoms with E-state index in [-0.39, 0.29) is 11.4 Å². The molecule has 0 unspecified atom stereocenters. The van der Waals surface area contributed by atoms with Crippen molar-refractivity contribution >= 4 is 23.2 Å². The molecule has 0 bridgehead atoms. The fourth-order valence-electron chi connectivity index (χ4n) is 2.17. The Hall–Kier alpha value is -2.80. The molecule has 1 amide bonds. The van der Waals surface area contributed by atoms with Gasteiger partial charge < -0.3 is 5.32 Å². The van der Waals surface area contributed by atoms with Crippen LogP contribution in [0.15, 0.2) is 54.6 Å². The lowest BCUT2D eigenvalue weighted by Gasteiger charge is -2.08. The summed E-state index contributed by atoms with van der Waals surface area (Å²) in [4.78, 5) is 12.2. The number of hydrogen-bond acceptors (Lipinski definition) is 2. The molecule has 0 spiro atoms. The summed E-state index contributed by atoms with van der Waals surface area (Å²) in [7, 11) is 0. The first-order chi connectivity index (χ1) is 11.8. The number of anilines is 1. The van der Waals surface area contributed by atoms with E-state index in [9.17, 15) is 18.0 Å². The van der Waals surface area contributed by atoms with Crippen LogP contribution < -0.4 is 5.32 Å². The Morgan fingerprint density at radius 1 is 1.08 bits per heavy atom. The first kappa shape index (κ1) is 17.0. The number of amides is 1. The largest absolute Gasteiger partial charge is 0.416 e. The molecule has 8 heteroatoms. The first-order valence-corrected chi connectivity index (χ1v) is 7.51. The maximum atomic E-state index is 12.5. The quantitative estimate of drug-likeness (QED) is 0.686. The molecule has 0 radical (unpaired) electrons. The third-order valence-corrected chi connectivity index (χ3v) is 3.65. The Kier molecular flexibility index (Phi) is 4.50. The molecule has 2 aromatic carbocycles. The van der Waals surface area contributed by atoms with Gasteiger partial charge in [-0.05, 0) is 42.5 Å². The number of nitrogens with zero attached hydrogens (tertiary/aromatic N) is 1. The van der Waals surface area contributed by atoms with Crippen molar-refractivity contribution in [1.82, 2.24) is 10.2 Å². The van der Waals surface area contributed by atoms with Gasteiger partial charge in [-0.15, -0.1) is 0 Å². The predicted octanol–water partition coefficient (Wildman–Crippen LogP) is 5.00. The normalized spacial score (nSPS) is 11.4. The molecule has 1 aromatic heterocycles. The van der Waals surface area contributed by atoms with Crippen LogP contribution in [0.25, 0.3) is 11.3 Å². The Labute approximate surface area is 145 Å². The number of aromatic amines is 1. The minimum atomic E-state index is -4.42. The molecule has 128 valence electrons. The van der Waals surface area contributed by atoms with Crippen molar-refractivity contribution in [2.75, 3.05) is 5.32 Å². The van der Waals surface area contributed by atoms with Gasteiger partial charge >= 0.3 is 6.18 Å². The Balaban J connectivity index is 1.74. The van der Waals surface area contributed by atoms with Gasteiger partial charge in [-0.25, -0.2) is 0 Å². The van der Waals surface area contributed by atoms with E-state index in [1.807, 2.05) is 0 Å². The van der Waals surface area contributed by atoms with Crippen molar-refractivity contribution in [2.45, 2.75) is 6.18 Å². The number of hydrogen-bond donors (Lipinski definition) is 2. The molecule has 0 atom stereocenters. The number of carbonyl (C=O) groups is 1. The molecule has 0 fully saturated rings. The van der Waals surface area contributed by atoms with Crippen LogP contribution >= 0.6 is 11.6 Å². The van der Waals surface area contributed by atoms with E-state index in [1.54, 1.807) is 24.3 Å². The van der Waals surface area contributed by atoms with E-state index in [4.69, 9.17) is 11.6 Å². The zero-order valence-electron chi connectivity index (χ0n) is 12.6. The summed E-state index contributed by atoms with van der Waals surface area (Å²) in [6.07, 6.45) is -4.42. The number of nitrogens with one attached hydrogen (secondary N) is 2. The Morgan fingerprint density at radius 2 is 1.80 bits per heavy atom. The van der Waals surface area contributed by atoms with Gasteiger partial charge in [-0.2, -0.15) is 18.3 Å². The van der Waals surface area contributed by atoms with Crippen molar-refractivity contribution in [2.24, 2.45) is 0 Å². The summed E-state index contributed by atoms with van der Waals surface area (Å²) in [6.45, 7) is 0. The smallest absolute Gasteiger partial charge is 0.321 e. The van der Waals surface area contributed by atoms with Gasteiger partial charge in [0, 0.05) is 16.3 Å². The molecule has 4 nitrogen and oxygen atoms in total. The van der Waals surface area contributed by atoms with Gasteiger partial charge in [0.1, 0.15) is 5.69 Å². The van der Waals surface area contributed by atoms with Crippen LogP contribution in [-0.4, -0.2) is 16.1 Å². The molecule has 0 aliphatic rings. The van der Waals surface area contributed by atoms with Gasteiger partial charge in [0.15, 0.2) is 0 Å². The maximum absolute atomic E-state index is 12.5. The van der Waals surface area contributed by atoms with Crippen LogP contribution in [0.4, 0.5) is 18.9 Å². The Morgan fingerprint density at radius 3 is 2.44 bits per heavy atom. The topological polar surface area (TPSA) is 57.8 Å². The highest BCUT2D eigenvalue weighted by atomic mass is 35.5. The molecule has 3 rings (SSSR count). The highest BCUT2D eigenvalue weighted by molar-refractivity contribution is 6.30. The zero-order chi connectivity index (χ0) is 18.0. The second-order valence-electron chi connectivity index (χ2n) is 5.21. The van der Waals surface area contributed by atoms with Crippen LogP contribution in [0.5, 0.6) is 0 Å². The maximum Gasteiger partial charge on any atom is 0.416 e. The minimum absolute atomic E-state index is 0.176. The second kappa shape index (κ2) is 6.60. The van der Waals surface area contributed by atoms with E-state index < -0.39 is 17.6 Å². The zero-order valence-corrected chi connectivity index (χ0v) is 13.3. The summed E-state index contributed by atoms with van der Waals surface area (Å²) >= 11 is 5.92. The average molecular weight is 366 g/mol. The number of rotatable bonds is 3. The lowest BCUT2D eigenvalue weighted by molar-refractivity contribution is -0.137. The fourth-order valence-corrected chi connectivity index (χ4v) is 2.36. The van der Waals surface area contributed by atoms with E-state index in [0.717, 1.165) is 17.7 Å². The molecule has 25 heavy (non-hydrogen) atoms. The van der Waals surface area contributed by atoms with Crippen molar-refractivity contribution in [3.8, 4) is 11.3 Å². The Bertz CT molecular complexity index is 904. The summed E-state index contributed by atoms with van der Waals surface area (Å²) in [5.74, 6) is -0.513. The molecule has 0 aliphatic carbocycles. The van der Waals surface area contributed by atoms with Gasteiger partial charge in [0.2, 0.25) is 0 Å². The second-order valence-corrected chi connectivity index (χ2v) is 5.64. The van der Waals surface area contributed by atoms with Crippen LogP contribution in [0, 0.1) is 0 Å². The van der Waals surface area contributed by atoms with E-state index in [0.29, 0.717) is 10.7 Å². The molecule has 1 heterocycles. The summed E-state index contributed by atoms with van der Waals surface area (Å²) in [5, 5.41) is 9.69. The molecule has 3 aromatic rings. The van der Waals surface area contributed by atoms with Gasteiger partial charge in [-0.1, -0.05) is 23.7 Å². The fraction of sp³-hybridized carbons (Fsp3) is 0.0588. The van der Waals surface area contributed by atoms with Gasteiger partial charge in [0.05, 0.1) is 11.3 Å². The summed E-state index contributed by atoms with van der Waals surface area (Å²) in [6, 6.07) is 12.7. The molecule has 0 aliphatic heterocycles. The third kappa shape index (κ3) is 4.00. The highest BCUT2D eigenvalue weighted by Gasteiger charge is 2.30. The van der Waals surface area contributed by atoms with Crippen LogP contribution in [0.3, 0.4) is 0 Å². The predicted molar refractivity (Wildman–Crippen MR) is 88.4 cm³/mol. The molecular formula is C17H11ClF3N3O. The van der Waals surface area contributed by atoms with Crippen LogP contribution in [0.2, 0.25) is 5.02 Å². The van der Waals surface area contributed by atoms with Crippen LogP contribution in [-0.2, 0) is 6.18 Å². The minimum Gasteiger partial charge on any atom is -0.321 e. The van der Waals surface area contributed by atoms with E-state index >= 15 is 0 Å². The van der Waals surface area contributed by atoms with Gasteiger partial charge in [0.25, 0.3) is 5.91 Å². The van der Waals surface area contributed by atoms with Crippen LogP contribution in [0.1, 0.15) is 16.1 Å². The molecular weight excluding hydrogens is 355 g/mol. The first-order valence-electron chi connectivity index (χ1n) is 7.13. The third-order valence-electron chi connectivity index (χ3n) is 3.41. The van der Waals surface area contributed by atoms with Crippen molar-refractivity contribution in [3.05, 3.63) is 70.9 Å². The lowest BCUT2D eigenvalue weighted by atomic mass is 10.1. The van der Waals surface area contributed by atoms with Gasteiger partial charge in [-0.3, -0.25) is 9.89 Å². The number of halogens is 4. The van der Waals surface area contributed by atoms with Crippen molar-refractivity contribution < 1.29 is 18.0 Å². The number of benzene rings is 2. The average Bonchev–Trinajstić information content (AvgIpc) is 3.05. The SMILES string of the molecule is O=C(Nc1ccc(C(F)(F)F)cc1)c1cc(-c2cccc(Cl)c2)n[nH]1. The summed E-state index contributed by atoms with van der Waals surface area (Å²) in [5.41, 5.74) is 0.902. The van der Waals surface area contributed by atoms with Crippen molar-refractivity contribution in [3.63, 3.8) is 0 Å². The monoisotopic (exact) mass is 365 g/mol. The highest BCUT2D eigenvalue weighted by Crippen LogP contribution is 2.30.